The third kappa shape index (κ3) is 4.29. The van der Waals surface area contributed by atoms with Gasteiger partial charge in [0.15, 0.2) is 5.82 Å². The second kappa shape index (κ2) is 8.85. The summed E-state index contributed by atoms with van der Waals surface area (Å²) in [7, 11) is 0. The Bertz CT molecular complexity index is 1030. The molecule has 1 amide bonds. The summed E-state index contributed by atoms with van der Waals surface area (Å²) in [4.78, 5) is 23.2. The van der Waals surface area contributed by atoms with E-state index in [1.54, 1.807) is 23.2 Å². The maximum absolute atomic E-state index is 12.7. The highest BCUT2D eigenvalue weighted by molar-refractivity contribution is 5.92. The van der Waals surface area contributed by atoms with Crippen LogP contribution < -0.4 is 4.74 Å². The number of amides is 1. The van der Waals surface area contributed by atoms with Crippen LogP contribution in [0.25, 0.3) is 11.5 Å². The molecule has 31 heavy (non-hydrogen) atoms. The van der Waals surface area contributed by atoms with Gasteiger partial charge in [-0.05, 0) is 37.1 Å². The summed E-state index contributed by atoms with van der Waals surface area (Å²) in [6, 6.07) is 13.0. The molecule has 8 nitrogen and oxygen atoms in total. The first-order chi connectivity index (χ1) is 15.3. The van der Waals surface area contributed by atoms with Crippen LogP contribution in [0.1, 0.15) is 41.5 Å². The minimum atomic E-state index is -0.105. The Labute approximate surface area is 180 Å². The van der Waals surface area contributed by atoms with Gasteiger partial charge in [0.2, 0.25) is 0 Å². The number of para-hydroxylation sites is 1. The van der Waals surface area contributed by atoms with Gasteiger partial charge >= 0.3 is 0 Å². The average molecular weight is 420 g/mol. The number of carbonyl (C=O) groups is 1. The third-order valence-electron chi connectivity index (χ3n) is 5.76. The normalized spacial score (nSPS) is 19.5. The molecule has 0 aliphatic carbocycles. The van der Waals surface area contributed by atoms with Gasteiger partial charge in [0.25, 0.3) is 11.8 Å². The SMILES string of the molecule is O=C(c1ccccn1)N1CCC(Oc2ccccc2-c2nc(C3CCOCC3)no2)C1. The number of hydrogen-bond acceptors (Lipinski definition) is 7. The van der Waals surface area contributed by atoms with Gasteiger partial charge in [-0.3, -0.25) is 9.78 Å². The van der Waals surface area contributed by atoms with Gasteiger partial charge in [-0.2, -0.15) is 4.98 Å². The van der Waals surface area contributed by atoms with Crippen LogP contribution in [0.4, 0.5) is 0 Å². The van der Waals surface area contributed by atoms with E-state index in [9.17, 15) is 4.79 Å². The Hall–Kier alpha value is -3.26. The number of rotatable bonds is 5. The molecule has 2 aromatic heterocycles. The quantitative estimate of drug-likeness (QED) is 0.625. The van der Waals surface area contributed by atoms with Crippen molar-refractivity contribution in [2.75, 3.05) is 26.3 Å². The van der Waals surface area contributed by atoms with E-state index in [-0.39, 0.29) is 17.9 Å². The van der Waals surface area contributed by atoms with Crippen LogP contribution in [0.3, 0.4) is 0 Å². The summed E-state index contributed by atoms with van der Waals surface area (Å²) in [6.45, 7) is 2.60. The smallest absolute Gasteiger partial charge is 0.272 e. The van der Waals surface area contributed by atoms with Crippen molar-refractivity contribution in [3.05, 3.63) is 60.2 Å². The van der Waals surface area contributed by atoms with Crippen LogP contribution in [0.2, 0.25) is 0 Å². The minimum Gasteiger partial charge on any atom is -0.488 e. The van der Waals surface area contributed by atoms with Gasteiger partial charge in [-0.25, -0.2) is 0 Å². The summed E-state index contributed by atoms with van der Waals surface area (Å²) in [5, 5.41) is 4.20. The Balaban J connectivity index is 1.28. The molecule has 0 saturated carbocycles. The third-order valence-corrected chi connectivity index (χ3v) is 5.76. The van der Waals surface area contributed by atoms with Gasteiger partial charge < -0.3 is 18.9 Å². The Morgan fingerprint density at radius 2 is 1.90 bits per heavy atom. The van der Waals surface area contributed by atoms with E-state index in [0.717, 1.165) is 43.9 Å². The molecule has 160 valence electrons. The molecule has 0 spiro atoms. The zero-order valence-electron chi connectivity index (χ0n) is 17.1. The van der Waals surface area contributed by atoms with E-state index in [1.807, 2.05) is 30.3 Å². The van der Waals surface area contributed by atoms with E-state index in [4.69, 9.17) is 14.0 Å². The maximum atomic E-state index is 12.7. The highest BCUT2D eigenvalue weighted by atomic mass is 16.5. The largest absolute Gasteiger partial charge is 0.488 e. The minimum absolute atomic E-state index is 0.0713. The number of ether oxygens (including phenoxy) is 2. The number of hydrogen-bond donors (Lipinski definition) is 0. The molecule has 2 saturated heterocycles. The Morgan fingerprint density at radius 3 is 2.74 bits per heavy atom. The van der Waals surface area contributed by atoms with Crippen molar-refractivity contribution in [3.8, 4) is 17.2 Å². The predicted molar refractivity (Wildman–Crippen MR) is 112 cm³/mol. The van der Waals surface area contributed by atoms with Crippen molar-refractivity contribution in [1.82, 2.24) is 20.0 Å². The molecular weight excluding hydrogens is 396 g/mol. The van der Waals surface area contributed by atoms with E-state index in [0.29, 0.717) is 30.4 Å². The fourth-order valence-electron chi connectivity index (χ4n) is 4.05. The van der Waals surface area contributed by atoms with E-state index >= 15 is 0 Å². The van der Waals surface area contributed by atoms with Crippen LogP contribution in [0.5, 0.6) is 5.75 Å². The van der Waals surface area contributed by atoms with Gasteiger partial charge in [0, 0.05) is 38.3 Å². The molecule has 2 aliphatic heterocycles. The molecule has 0 radical (unpaired) electrons. The van der Waals surface area contributed by atoms with Crippen molar-refractivity contribution in [2.24, 2.45) is 0 Å². The fraction of sp³-hybridized carbons (Fsp3) is 0.391. The number of nitrogens with zero attached hydrogens (tertiary/aromatic N) is 4. The lowest BCUT2D eigenvalue weighted by atomic mass is 10.00. The Kier molecular flexibility index (Phi) is 5.62. The van der Waals surface area contributed by atoms with E-state index in [2.05, 4.69) is 15.1 Å². The summed E-state index contributed by atoms with van der Waals surface area (Å²) in [5.74, 6) is 2.05. The van der Waals surface area contributed by atoms with Gasteiger partial charge in [0.1, 0.15) is 17.5 Å². The second-order valence-corrected chi connectivity index (χ2v) is 7.84. The molecule has 2 aliphatic rings. The predicted octanol–water partition coefficient (Wildman–Crippen LogP) is 3.32. The summed E-state index contributed by atoms with van der Waals surface area (Å²) < 4.78 is 17.3. The van der Waals surface area contributed by atoms with Crippen molar-refractivity contribution in [1.29, 1.82) is 0 Å². The first-order valence-electron chi connectivity index (χ1n) is 10.7. The molecule has 1 atom stereocenters. The second-order valence-electron chi connectivity index (χ2n) is 7.84. The lowest BCUT2D eigenvalue weighted by Crippen LogP contribution is -2.31. The topological polar surface area (TPSA) is 90.6 Å². The van der Waals surface area contributed by atoms with Crippen LogP contribution >= 0.6 is 0 Å². The molecule has 5 rings (SSSR count). The van der Waals surface area contributed by atoms with Crippen molar-refractivity contribution < 1.29 is 18.8 Å². The van der Waals surface area contributed by atoms with Gasteiger partial charge in [-0.1, -0.05) is 23.4 Å². The first-order valence-corrected chi connectivity index (χ1v) is 10.7. The van der Waals surface area contributed by atoms with Crippen LogP contribution in [0, 0.1) is 0 Å². The molecule has 1 unspecified atom stereocenters. The highest BCUT2D eigenvalue weighted by Crippen LogP contribution is 2.33. The molecule has 4 heterocycles. The molecule has 0 N–H and O–H groups in total. The van der Waals surface area contributed by atoms with Crippen LogP contribution in [-0.4, -0.2) is 58.3 Å². The number of likely N-dealkylation sites (tertiary alicyclic amines) is 1. The summed E-state index contributed by atoms with van der Waals surface area (Å²) in [6.07, 6.45) is 4.08. The van der Waals surface area contributed by atoms with Crippen molar-refractivity contribution >= 4 is 5.91 Å². The fourth-order valence-corrected chi connectivity index (χ4v) is 4.05. The van der Waals surface area contributed by atoms with E-state index in [1.165, 1.54) is 0 Å². The van der Waals surface area contributed by atoms with Gasteiger partial charge in [0.05, 0.1) is 12.1 Å². The average Bonchev–Trinajstić information content (AvgIpc) is 3.50. The van der Waals surface area contributed by atoms with E-state index < -0.39 is 0 Å². The molecule has 1 aromatic carbocycles. The summed E-state index contributed by atoms with van der Waals surface area (Å²) >= 11 is 0. The number of pyridine rings is 1. The number of benzene rings is 1. The van der Waals surface area contributed by atoms with Crippen molar-refractivity contribution in [2.45, 2.75) is 31.3 Å². The number of carbonyl (C=O) groups excluding carboxylic acids is 1. The first kappa shape index (κ1) is 19.7. The summed E-state index contributed by atoms with van der Waals surface area (Å²) in [5.41, 5.74) is 1.22. The standard InChI is InChI=1S/C23H24N4O4/c28-23(19-6-3-4-11-24-19)27-12-8-17(15-27)30-20-7-2-1-5-18(20)22-25-21(26-31-22)16-9-13-29-14-10-16/h1-7,11,16-17H,8-10,12-15H2. The lowest BCUT2D eigenvalue weighted by molar-refractivity contribution is 0.0766. The molecule has 8 heteroatoms. The zero-order valence-corrected chi connectivity index (χ0v) is 17.1. The lowest BCUT2D eigenvalue weighted by Gasteiger charge is -2.18. The monoisotopic (exact) mass is 420 g/mol. The van der Waals surface area contributed by atoms with Crippen molar-refractivity contribution in [3.63, 3.8) is 0 Å². The highest BCUT2D eigenvalue weighted by Gasteiger charge is 2.30. The molecule has 2 fully saturated rings. The zero-order chi connectivity index (χ0) is 21.0. The molecular formula is C23H24N4O4. The number of aromatic nitrogens is 3. The van der Waals surface area contributed by atoms with Gasteiger partial charge in [-0.15, -0.1) is 0 Å². The van der Waals surface area contributed by atoms with Crippen LogP contribution in [-0.2, 0) is 4.74 Å². The molecule has 0 bridgehead atoms. The molecule has 3 aromatic rings. The Morgan fingerprint density at radius 1 is 1.06 bits per heavy atom. The maximum Gasteiger partial charge on any atom is 0.272 e. The van der Waals surface area contributed by atoms with Crippen LogP contribution in [0.15, 0.2) is 53.2 Å².